The Hall–Kier alpha value is -1.31. The fourth-order valence-corrected chi connectivity index (χ4v) is 2.21. The van der Waals surface area contributed by atoms with Crippen LogP contribution in [-0.4, -0.2) is 5.91 Å². The highest BCUT2D eigenvalue weighted by Gasteiger charge is 2.17. The van der Waals surface area contributed by atoms with Crippen LogP contribution in [0.1, 0.15) is 50.7 Å². The number of anilines is 1. The Labute approximate surface area is 111 Å². The van der Waals surface area contributed by atoms with Crippen molar-refractivity contribution in [2.45, 2.75) is 53.4 Å². The smallest absolute Gasteiger partial charge is 0.227 e. The van der Waals surface area contributed by atoms with Crippen molar-refractivity contribution in [3.63, 3.8) is 0 Å². The molecular formula is C16H25NO. The molecule has 0 spiro atoms. The second kappa shape index (κ2) is 7.20. The third-order valence-electron chi connectivity index (χ3n) is 3.30. The van der Waals surface area contributed by atoms with Crippen molar-refractivity contribution in [2.24, 2.45) is 5.92 Å². The van der Waals surface area contributed by atoms with Crippen LogP contribution >= 0.6 is 0 Å². The summed E-state index contributed by atoms with van der Waals surface area (Å²) >= 11 is 0. The lowest BCUT2D eigenvalue weighted by Crippen LogP contribution is -2.23. The Balaban J connectivity index is 2.75. The number of rotatable bonds is 6. The Bertz CT molecular complexity index is 392. The molecule has 0 saturated heterocycles. The lowest BCUT2D eigenvalue weighted by Gasteiger charge is -2.16. The van der Waals surface area contributed by atoms with Crippen molar-refractivity contribution in [1.29, 1.82) is 0 Å². The van der Waals surface area contributed by atoms with Gasteiger partial charge in [0.2, 0.25) is 5.91 Å². The van der Waals surface area contributed by atoms with Gasteiger partial charge in [-0.05, 0) is 43.9 Å². The first-order valence-electron chi connectivity index (χ1n) is 6.96. The van der Waals surface area contributed by atoms with Crippen molar-refractivity contribution in [2.75, 3.05) is 5.32 Å². The van der Waals surface area contributed by atoms with Crippen LogP contribution in [0, 0.1) is 19.8 Å². The molecule has 100 valence electrons. The molecule has 1 rings (SSSR count). The van der Waals surface area contributed by atoms with Gasteiger partial charge in [0, 0.05) is 11.6 Å². The normalized spacial score (nSPS) is 10.7. The molecular weight excluding hydrogens is 222 g/mol. The predicted molar refractivity (Wildman–Crippen MR) is 77.9 cm³/mol. The number of hydrogen-bond donors (Lipinski definition) is 1. The van der Waals surface area contributed by atoms with E-state index in [4.69, 9.17) is 0 Å². The van der Waals surface area contributed by atoms with E-state index in [2.05, 4.69) is 31.3 Å². The minimum atomic E-state index is 0.153. The highest BCUT2D eigenvalue weighted by molar-refractivity contribution is 5.93. The molecule has 0 radical (unpaired) electrons. The summed E-state index contributed by atoms with van der Waals surface area (Å²) in [4.78, 5) is 12.2. The Morgan fingerprint density at radius 1 is 1.17 bits per heavy atom. The van der Waals surface area contributed by atoms with E-state index in [-0.39, 0.29) is 11.8 Å². The third-order valence-corrected chi connectivity index (χ3v) is 3.30. The van der Waals surface area contributed by atoms with Crippen LogP contribution in [-0.2, 0) is 4.79 Å². The van der Waals surface area contributed by atoms with E-state index in [0.29, 0.717) is 0 Å². The fourth-order valence-electron chi connectivity index (χ4n) is 2.21. The molecule has 0 fully saturated rings. The molecule has 0 unspecified atom stereocenters. The molecule has 0 bridgehead atoms. The molecule has 0 aliphatic rings. The lowest BCUT2D eigenvalue weighted by atomic mass is 9.97. The molecule has 0 saturated carbocycles. The zero-order chi connectivity index (χ0) is 13.5. The van der Waals surface area contributed by atoms with Gasteiger partial charge in [0.05, 0.1) is 0 Å². The average molecular weight is 247 g/mol. The van der Waals surface area contributed by atoms with Gasteiger partial charge in [0.15, 0.2) is 0 Å². The quantitative estimate of drug-likeness (QED) is 0.790. The fraction of sp³-hybridized carbons (Fsp3) is 0.562. The molecule has 2 heteroatoms. The average Bonchev–Trinajstić information content (AvgIpc) is 2.33. The first-order chi connectivity index (χ1) is 8.58. The molecule has 2 nitrogen and oxygen atoms in total. The van der Waals surface area contributed by atoms with Crippen LogP contribution in [0.3, 0.4) is 0 Å². The van der Waals surface area contributed by atoms with Crippen LogP contribution in [0.2, 0.25) is 0 Å². The SMILES string of the molecule is CCCC(CCC)C(=O)Nc1cc(C)ccc1C. The molecule has 0 atom stereocenters. The summed E-state index contributed by atoms with van der Waals surface area (Å²) in [6, 6.07) is 6.17. The standard InChI is InChI=1S/C16H25NO/c1-5-7-14(8-6-2)16(18)17-15-11-12(3)9-10-13(15)4/h9-11,14H,5-8H2,1-4H3,(H,17,18). The highest BCUT2D eigenvalue weighted by atomic mass is 16.1. The molecule has 1 aromatic carbocycles. The van der Waals surface area contributed by atoms with E-state index >= 15 is 0 Å². The summed E-state index contributed by atoms with van der Waals surface area (Å²) in [6.45, 7) is 8.34. The van der Waals surface area contributed by atoms with Crippen molar-refractivity contribution in [3.05, 3.63) is 29.3 Å². The summed E-state index contributed by atoms with van der Waals surface area (Å²) < 4.78 is 0. The molecule has 18 heavy (non-hydrogen) atoms. The topological polar surface area (TPSA) is 29.1 Å². The Morgan fingerprint density at radius 3 is 2.33 bits per heavy atom. The van der Waals surface area contributed by atoms with Gasteiger partial charge in [0.1, 0.15) is 0 Å². The minimum absolute atomic E-state index is 0.153. The van der Waals surface area contributed by atoms with Gasteiger partial charge in [-0.15, -0.1) is 0 Å². The van der Waals surface area contributed by atoms with E-state index in [9.17, 15) is 4.79 Å². The lowest BCUT2D eigenvalue weighted by molar-refractivity contribution is -0.120. The van der Waals surface area contributed by atoms with Crippen LogP contribution in [0.4, 0.5) is 5.69 Å². The maximum absolute atomic E-state index is 12.2. The maximum Gasteiger partial charge on any atom is 0.227 e. The minimum Gasteiger partial charge on any atom is -0.326 e. The van der Waals surface area contributed by atoms with Crippen molar-refractivity contribution >= 4 is 11.6 Å². The summed E-state index contributed by atoms with van der Waals surface area (Å²) in [6.07, 6.45) is 4.07. The van der Waals surface area contributed by atoms with Gasteiger partial charge >= 0.3 is 0 Å². The number of benzene rings is 1. The molecule has 1 amide bonds. The molecule has 0 aliphatic carbocycles. The number of aryl methyl sites for hydroxylation is 2. The van der Waals surface area contributed by atoms with Crippen molar-refractivity contribution < 1.29 is 4.79 Å². The summed E-state index contributed by atoms with van der Waals surface area (Å²) in [5.74, 6) is 0.326. The van der Waals surface area contributed by atoms with Gasteiger partial charge in [-0.25, -0.2) is 0 Å². The number of carbonyl (C=O) groups excluding carboxylic acids is 1. The van der Waals surface area contributed by atoms with E-state index < -0.39 is 0 Å². The van der Waals surface area contributed by atoms with Gasteiger partial charge in [-0.1, -0.05) is 38.8 Å². The Morgan fingerprint density at radius 2 is 1.78 bits per heavy atom. The second-order valence-corrected chi connectivity index (χ2v) is 5.08. The number of hydrogen-bond acceptors (Lipinski definition) is 1. The van der Waals surface area contributed by atoms with Gasteiger partial charge < -0.3 is 5.32 Å². The molecule has 0 heterocycles. The number of nitrogens with one attached hydrogen (secondary N) is 1. The van der Waals surface area contributed by atoms with E-state index in [1.807, 2.05) is 19.9 Å². The van der Waals surface area contributed by atoms with Gasteiger partial charge in [-0.3, -0.25) is 4.79 Å². The summed E-state index contributed by atoms with van der Waals surface area (Å²) in [5, 5.41) is 3.08. The summed E-state index contributed by atoms with van der Waals surface area (Å²) in [7, 11) is 0. The molecule has 1 aromatic rings. The zero-order valence-electron chi connectivity index (χ0n) is 12.0. The largest absolute Gasteiger partial charge is 0.326 e. The molecule has 0 aromatic heterocycles. The Kier molecular flexibility index (Phi) is 5.90. The first-order valence-corrected chi connectivity index (χ1v) is 6.96. The zero-order valence-corrected chi connectivity index (χ0v) is 12.0. The maximum atomic E-state index is 12.2. The van der Waals surface area contributed by atoms with E-state index in [1.54, 1.807) is 0 Å². The van der Waals surface area contributed by atoms with Crippen molar-refractivity contribution in [1.82, 2.24) is 0 Å². The van der Waals surface area contributed by atoms with Crippen LogP contribution < -0.4 is 5.32 Å². The molecule has 1 N–H and O–H groups in total. The number of amides is 1. The monoisotopic (exact) mass is 247 g/mol. The number of carbonyl (C=O) groups is 1. The van der Waals surface area contributed by atoms with Gasteiger partial charge in [0.25, 0.3) is 0 Å². The van der Waals surface area contributed by atoms with E-state index in [0.717, 1.165) is 36.9 Å². The van der Waals surface area contributed by atoms with Crippen molar-refractivity contribution in [3.8, 4) is 0 Å². The van der Waals surface area contributed by atoms with Crippen LogP contribution in [0.5, 0.6) is 0 Å². The highest BCUT2D eigenvalue weighted by Crippen LogP contribution is 2.20. The summed E-state index contributed by atoms with van der Waals surface area (Å²) in [5.41, 5.74) is 3.26. The predicted octanol–water partition coefficient (Wildman–Crippen LogP) is 4.46. The third kappa shape index (κ3) is 4.17. The molecule has 0 aliphatic heterocycles. The van der Waals surface area contributed by atoms with Crippen LogP contribution in [0.15, 0.2) is 18.2 Å². The van der Waals surface area contributed by atoms with E-state index in [1.165, 1.54) is 5.56 Å². The first kappa shape index (κ1) is 14.7. The second-order valence-electron chi connectivity index (χ2n) is 5.08. The van der Waals surface area contributed by atoms with Gasteiger partial charge in [-0.2, -0.15) is 0 Å². The van der Waals surface area contributed by atoms with Crippen LogP contribution in [0.25, 0.3) is 0 Å².